The molecule has 5 nitrogen and oxygen atoms in total. The quantitative estimate of drug-likeness (QED) is 0.656. The number of hydrogen-bond donors (Lipinski definition) is 2. The van der Waals surface area contributed by atoms with Crippen LogP contribution in [0.15, 0.2) is 64.3 Å². The van der Waals surface area contributed by atoms with Crippen molar-refractivity contribution in [1.82, 2.24) is 5.32 Å². The molecule has 154 valence electrons. The zero-order chi connectivity index (χ0) is 21.8. The Morgan fingerprint density at radius 1 is 1.27 bits per heavy atom. The third kappa shape index (κ3) is 4.18. The van der Waals surface area contributed by atoms with Gasteiger partial charge in [-0.15, -0.1) is 11.8 Å². The van der Waals surface area contributed by atoms with Crippen LogP contribution in [-0.2, 0) is 4.79 Å². The summed E-state index contributed by atoms with van der Waals surface area (Å²) in [5.74, 6) is -0.348. The number of nitrogens with zero attached hydrogens (tertiary/aromatic N) is 1. The number of nitrogens with one attached hydrogen (secondary N) is 2. The molecule has 0 aromatic heterocycles. The van der Waals surface area contributed by atoms with Crippen molar-refractivity contribution in [3.63, 3.8) is 0 Å². The van der Waals surface area contributed by atoms with Gasteiger partial charge in [0.25, 0.3) is 5.91 Å². The maximum Gasteiger partial charge on any atom is 0.254 e. The van der Waals surface area contributed by atoms with E-state index in [1.807, 2.05) is 50.4 Å². The molecular weight excluding hydrogens is 418 g/mol. The number of dihydropyridines is 1. The van der Waals surface area contributed by atoms with E-state index in [2.05, 4.69) is 16.7 Å². The van der Waals surface area contributed by atoms with Crippen molar-refractivity contribution in [1.29, 1.82) is 5.26 Å². The molecule has 1 unspecified atom stereocenters. The number of nitriles is 1. The summed E-state index contributed by atoms with van der Waals surface area (Å²) in [6.07, 6.45) is 1.89. The minimum atomic E-state index is -0.582. The summed E-state index contributed by atoms with van der Waals surface area (Å²) in [4.78, 5) is 13.4. The van der Waals surface area contributed by atoms with Gasteiger partial charge in [0.15, 0.2) is 0 Å². The fourth-order valence-electron chi connectivity index (χ4n) is 3.49. The van der Waals surface area contributed by atoms with Gasteiger partial charge in [0.1, 0.15) is 5.75 Å². The first kappa shape index (κ1) is 21.8. The van der Waals surface area contributed by atoms with Crippen LogP contribution in [0.1, 0.15) is 24.0 Å². The van der Waals surface area contributed by atoms with Crippen LogP contribution in [0, 0.1) is 18.3 Å². The van der Waals surface area contributed by atoms with Crippen molar-refractivity contribution in [3.8, 4) is 11.8 Å². The van der Waals surface area contributed by atoms with Crippen molar-refractivity contribution < 1.29 is 9.53 Å². The fourth-order valence-corrected chi connectivity index (χ4v) is 4.47. The van der Waals surface area contributed by atoms with E-state index >= 15 is 0 Å². The molecule has 3 rings (SSSR count). The molecule has 2 N–H and O–H groups in total. The number of carbonyl (C=O) groups is 1. The first-order chi connectivity index (χ1) is 14.4. The van der Waals surface area contributed by atoms with Crippen molar-refractivity contribution in [3.05, 3.63) is 80.5 Å². The normalized spacial score (nSPS) is 16.1. The van der Waals surface area contributed by atoms with Gasteiger partial charge in [-0.2, -0.15) is 5.26 Å². The average Bonchev–Trinajstić information content (AvgIpc) is 2.73. The first-order valence-electron chi connectivity index (χ1n) is 9.27. The molecule has 30 heavy (non-hydrogen) atoms. The number of allylic oxidation sites excluding steroid dienone is 2. The number of rotatable bonds is 5. The number of carbonyl (C=O) groups excluding carboxylic acids is 1. The van der Waals surface area contributed by atoms with Gasteiger partial charge in [0.2, 0.25) is 0 Å². The highest BCUT2D eigenvalue weighted by molar-refractivity contribution is 8.02. The Balaban J connectivity index is 2.12. The summed E-state index contributed by atoms with van der Waals surface area (Å²) < 4.78 is 5.35. The number of thioether (sulfide) groups is 1. The van der Waals surface area contributed by atoms with Gasteiger partial charge in [0, 0.05) is 16.3 Å². The molecule has 0 saturated heterocycles. The zero-order valence-electron chi connectivity index (χ0n) is 17.2. The molecule has 2 aromatic rings. The molecule has 1 aliphatic heterocycles. The van der Waals surface area contributed by atoms with Gasteiger partial charge < -0.3 is 15.4 Å². The maximum atomic E-state index is 13.4. The number of para-hydroxylation sites is 2. The van der Waals surface area contributed by atoms with Crippen molar-refractivity contribution in [2.45, 2.75) is 19.8 Å². The highest BCUT2D eigenvalue weighted by atomic mass is 35.5. The summed E-state index contributed by atoms with van der Waals surface area (Å²) >= 11 is 8.00. The van der Waals surface area contributed by atoms with Crippen molar-refractivity contribution in [2.75, 3.05) is 18.7 Å². The minimum Gasteiger partial charge on any atom is -0.495 e. The van der Waals surface area contributed by atoms with Gasteiger partial charge in [-0.1, -0.05) is 35.9 Å². The number of methoxy groups -OCH3 is 1. The lowest BCUT2D eigenvalue weighted by Crippen LogP contribution is -2.30. The Morgan fingerprint density at radius 2 is 2.00 bits per heavy atom. The molecule has 0 radical (unpaired) electrons. The Hall–Kier alpha value is -2.88. The van der Waals surface area contributed by atoms with E-state index < -0.39 is 5.92 Å². The number of anilines is 1. The second-order valence-electron chi connectivity index (χ2n) is 6.83. The van der Waals surface area contributed by atoms with Crippen LogP contribution < -0.4 is 15.4 Å². The third-order valence-electron chi connectivity index (χ3n) is 4.92. The summed E-state index contributed by atoms with van der Waals surface area (Å²) in [5.41, 5.74) is 3.86. The van der Waals surface area contributed by atoms with E-state index in [9.17, 15) is 10.1 Å². The smallest absolute Gasteiger partial charge is 0.254 e. The van der Waals surface area contributed by atoms with Crippen LogP contribution in [0.4, 0.5) is 5.69 Å². The summed E-state index contributed by atoms with van der Waals surface area (Å²) in [7, 11) is 1.55. The lowest BCUT2D eigenvalue weighted by atomic mass is 9.81. The molecular formula is C23H22ClN3O2S. The number of benzene rings is 2. The Bertz CT molecular complexity index is 1100. The second-order valence-corrected chi connectivity index (χ2v) is 8.06. The van der Waals surface area contributed by atoms with Gasteiger partial charge in [-0.25, -0.2) is 0 Å². The number of amides is 1. The number of aryl methyl sites for hydroxylation is 1. The molecule has 0 bridgehead atoms. The van der Waals surface area contributed by atoms with Crippen LogP contribution in [0.2, 0.25) is 5.02 Å². The molecule has 0 spiro atoms. The van der Waals surface area contributed by atoms with Crippen LogP contribution in [0.3, 0.4) is 0 Å². The third-order valence-corrected chi connectivity index (χ3v) is 5.98. The molecule has 1 atom stereocenters. The summed E-state index contributed by atoms with van der Waals surface area (Å²) in [5, 5.41) is 17.3. The monoisotopic (exact) mass is 439 g/mol. The second kappa shape index (κ2) is 9.29. The number of halogens is 1. The number of ether oxygens (including phenoxy) is 1. The zero-order valence-corrected chi connectivity index (χ0v) is 18.7. The molecule has 1 amide bonds. The topological polar surface area (TPSA) is 74.2 Å². The fraction of sp³-hybridized carbons (Fsp3) is 0.217. The van der Waals surface area contributed by atoms with E-state index in [1.165, 1.54) is 11.8 Å². The van der Waals surface area contributed by atoms with Crippen LogP contribution in [-0.4, -0.2) is 19.3 Å². The maximum absolute atomic E-state index is 13.4. The minimum absolute atomic E-state index is 0.320. The molecule has 1 heterocycles. The molecule has 1 aliphatic rings. The molecule has 0 fully saturated rings. The summed E-state index contributed by atoms with van der Waals surface area (Å²) in [6.45, 7) is 3.78. The van der Waals surface area contributed by atoms with Crippen LogP contribution in [0.5, 0.6) is 5.75 Å². The standard InChI is InChI=1S/C23H22ClN3O2S/c1-13-9-10-15(17(24)11-13)21-16(12-25)23(30-4)26-14(2)20(21)22(28)27-18-7-5-6-8-19(18)29-3/h5-11,21,26H,1-4H3,(H,27,28). The Kier molecular flexibility index (Phi) is 6.76. The molecule has 7 heteroatoms. The highest BCUT2D eigenvalue weighted by Gasteiger charge is 2.35. The molecule has 0 saturated carbocycles. The van der Waals surface area contributed by atoms with E-state index in [4.69, 9.17) is 16.3 Å². The average molecular weight is 440 g/mol. The van der Waals surface area contributed by atoms with Crippen molar-refractivity contribution in [2.24, 2.45) is 0 Å². The predicted octanol–water partition coefficient (Wildman–Crippen LogP) is 5.35. The Labute approximate surface area is 185 Å². The van der Waals surface area contributed by atoms with Crippen molar-refractivity contribution >= 4 is 35.0 Å². The highest BCUT2D eigenvalue weighted by Crippen LogP contribution is 2.43. The Morgan fingerprint density at radius 3 is 2.63 bits per heavy atom. The molecule has 0 aliphatic carbocycles. The lowest BCUT2D eigenvalue weighted by Gasteiger charge is -2.30. The van der Waals surface area contributed by atoms with Crippen LogP contribution >= 0.6 is 23.4 Å². The van der Waals surface area contributed by atoms with Gasteiger partial charge in [-0.05, 0) is 49.4 Å². The largest absolute Gasteiger partial charge is 0.495 e. The van der Waals surface area contributed by atoms with E-state index in [0.29, 0.717) is 38.3 Å². The number of hydrogen-bond acceptors (Lipinski definition) is 5. The van der Waals surface area contributed by atoms with Gasteiger partial charge in [-0.3, -0.25) is 4.79 Å². The van der Waals surface area contributed by atoms with E-state index in [-0.39, 0.29) is 5.91 Å². The van der Waals surface area contributed by atoms with E-state index in [1.54, 1.807) is 19.2 Å². The molecule has 2 aromatic carbocycles. The SMILES string of the molecule is COc1ccccc1NC(=O)C1=C(C)NC(SC)=C(C#N)C1c1ccc(C)cc1Cl. The lowest BCUT2D eigenvalue weighted by molar-refractivity contribution is -0.113. The van der Waals surface area contributed by atoms with Gasteiger partial charge >= 0.3 is 0 Å². The van der Waals surface area contributed by atoms with Crippen LogP contribution in [0.25, 0.3) is 0 Å². The predicted molar refractivity (Wildman–Crippen MR) is 123 cm³/mol. The first-order valence-corrected chi connectivity index (χ1v) is 10.9. The van der Waals surface area contributed by atoms with Gasteiger partial charge in [0.05, 0.1) is 35.4 Å². The summed E-state index contributed by atoms with van der Waals surface area (Å²) in [6, 6.07) is 15.1. The van der Waals surface area contributed by atoms with E-state index in [0.717, 1.165) is 11.1 Å².